The van der Waals surface area contributed by atoms with E-state index in [1.165, 1.54) is 0 Å². The zero-order valence-corrected chi connectivity index (χ0v) is 15.1. The topological polar surface area (TPSA) is 94.7 Å². The molecule has 0 atom stereocenters. The number of hydrogen-bond donors (Lipinski definition) is 1. The van der Waals surface area contributed by atoms with Gasteiger partial charge in [-0.3, -0.25) is 0 Å². The van der Waals surface area contributed by atoms with Crippen molar-refractivity contribution < 1.29 is 8.42 Å². The predicted molar refractivity (Wildman–Crippen MR) is 96.8 cm³/mol. The van der Waals surface area contributed by atoms with Gasteiger partial charge in [-0.25, -0.2) is 22.5 Å². The fourth-order valence-electron chi connectivity index (χ4n) is 2.35. The van der Waals surface area contributed by atoms with Crippen molar-refractivity contribution in [3.05, 3.63) is 71.4 Å². The van der Waals surface area contributed by atoms with Gasteiger partial charge in [-0.2, -0.15) is 16.4 Å². The number of hydrogen-bond acceptors (Lipinski definition) is 6. The van der Waals surface area contributed by atoms with Gasteiger partial charge < -0.3 is 0 Å². The molecular formula is C16H14N6O2S2. The Kier molecular flexibility index (Phi) is 4.37. The molecule has 3 heterocycles. The zero-order chi connectivity index (χ0) is 18.0. The minimum Gasteiger partial charge on any atom is -0.241 e. The van der Waals surface area contributed by atoms with E-state index in [2.05, 4.69) is 20.1 Å². The molecule has 132 valence electrons. The van der Waals surface area contributed by atoms with Crippen LogP contribution in [0.4, 0.5) is 0 Å². The minimum atomic E-state index is -3.64. The van der Waals surface area contributed by atoms with Gasteiger partial charge in [0.2, 0.25) is 10.0 Å². The van der Waals surface area contributed by atoms with E-state index in [9.17, 15) is 8.42 Å². The van der Waals surface area contributed by atoms with Crippen LogP contribution in [0.25, 0.3) is 11.4 Å². The second-order valence-corrected chi connectivity index (χ2v) is 7.95. The van der Waals surface area contributed by atoms with Gasteiger partial charge in [0.1, 0.15) is 0 Å². The molecule has 3 aromatic heterocycles. The van der Waals surface area contributed by atoms with Crippen LogP contribution in [0.15, 0.2) is 70.6 Å². The first-order chi connectivity index (χ1) is 12.6. The molecule has 0 saturated carbocycles. The number of aromatic nitrogens is 5. The zero-order valence-electron chi connectivity index (χ0n) is 13.4. The molecule has 4 aromatic rings. The van der Waals surface area contributed by atoms with Crippen LogP contribution < -0.4 is 4.72 Å². The highest BCUT2D eigenvalue weighted by Gasteiger charge is 2.15. The number of benzene rings is 1. The standard InChI is InChI=1S/C16H14N6O2S2/c23-26(24,16-4-2-14(3-5-16)21-8-1-7-17-21)18-10-13-11-22(20-19-13)15-6-9-25-12-15/h1-9,11-12,18H,10H2. The Morgan fingerprint density at radius 1 is 1.08 bits per heavy atom. The van der Waals surface area contributed by atoms with E-state index >= 15 is 0 Å². The number of thiophene rings is 1. The van der Waals surface area contributed by atoms with Gasteiger partial charge in [0.25, 0.3) is 0 Å². The summed E-state index contributed by atoms with van der Waals surface area (Å²) in [5.41, 5.74) is 2.21. The van der Waals surface area contributed by atoms with Crippen molar-refractivity contribution in [1.29, 1.82) is 0 Å². The Balaban J connectivity index is 1.45. The maximum absolute atomic E-state index is 12.5. The molecule has 0 fully saturated rings. The molecule has 0 aliphatic carbocycles. The maximum Gasteiger partial charge on any atom is 0.240 e. The average Bonchev–Trinajstić information content (AvgIpc) is 3.42. The molecule has 0 spiro atoms. The van der Waals surface area contributed by atoms with Crippen molar-refractivity contribution in [1.82, 2.24) is 29.5 Å². The largest absolute Gasteiger partial charge is 0.241 e. The fourth-order valence-corrected chi connectivity index (χ4v) is 3.97. The van der Waals surface area contributed by atoms with Gasteiger partial charge in [-0.15, -0.1) is 5.10 Å². The van der Waals surface area contributed by atoms with E-state index in [0.717, 1.165) is 11.4 Å². The van der Waals surface area contributed by atoms with Gasteiger partial charge in [0.05, 0.1) is 34.7 Å². The van der Waals surface area contributed by atoms with Crippen LogP contribution in [-0.2, 0) is 16.6 Å². The van der Waals surface area contributed by atoms with Crippen molar-refractivity contribution >= 4 is 21.4 Å². The molecule has 0 aliphatic heterocycles. The molecule has 0 amide bonds. The van der Waals surface area contributed by atoms with Gasteiger partial charge >= 0.3 is 0 Å². The lowest BCUT2D eigenvalue weighted by atomic mass is 10.3. The van der Waals surface area contributed by atoms with Crippen LogP contribution in [0.5, 0.6) is 0 Å². The summed E-state index contributed by atoms with van der Waals surface area (Å²) in [4.78, 5) is 0.179. The molecule has 0 saturated heterocycles. The number of rotatable bonds is 6. The van der Waals surface area contributed by atoms with Gasteiger partial charge in [0.15, 0.2) is 0 Å². The summed E-state index contributed by atoms with van der Waals surface area (Å²) in [5.74, 6) is 0. The summed E-state index contributed by atoms with van der Waals surface area (Å²) >= 11 is 1.55. The molecule has 1 N–H and O–H groups in total. The van der Waals surface area contributed by atoms with Gasteiger partial charge in [-0.1, -0.05) is 5.21 Å². The second-order valence-electron chi connectivity index (χ2n) is 5.41. The highest BCUT2D eigenvalue weighted by molar-refractivity contribution is 7.89. The Hall–Kier alpha value is -2.82. The quantitative estimate of drug-likeness (QED) is 0.547. The monoisotopic (exact) mass is 386 g/mol. The minimum absolute atomic E-state index is 0.0629. The van der Waals surface area contributed by atoms with Crippen molar-refractivity contribution in [2.45, 2.75) is 11.4 Å². The van der Waals surface area contributed by atoms with E-state index in [-0.39, 0.29) is 11.4 Å². The highest BCUT2D eigenvalue weighted by atomic mass is 32.2. The highest BCUT2D eigenvalue weighted by Crippen LogP contribution is 2.14. The van der Waals surface area contributed by atoms with Crippen LogP contribution in [0.1, 0.15) is 5.69 Å². The number of nitrogens with one attached hydrogen (secondary N) is 1. The summed E-state index contributed by atoms with van der Waals surface area (Å²) in [7, 11) is -3.64. The predicted octanol–water partition coefficient (Wildman–Crippen LogP) is 1.99. The second kappa shape index (κ2) is 6.83. The number of nitrogens with zero attached hydrogens (tertiary/aromatic N) is 5. The smallest absolute Gasteiger partial charge is 0.240 e. The third kappa shape index (κ3) is 3.43. The molecule has 0 bridgehead atoms. The molecule has 0 radical (unpaired) electrons. The summed E-state index contributed by atoms with van der Waals surface area (Å²) in [6, 6.07) is 10.2. The third-order valence-electron chi connectivity index (χ3n) is 3.67. The van der Waals surface area contributed by atoms with E-state index in [0.29, 0.717) is 5.69 Å². The molecule has 26 heavy (non-hydrogen) atoms. The van der Waals surface area contributed by atoms with Crippen LogP contribution in [0.3, 0.4) is 0 Å². The van der Waals surface area contributed by atoms with Crippen molar-refractivity contribution in [3.63, 3.8) is 0 Å². The average molecular weight is 386 g/mol. The lowest BCUT2D eigenvalue weighted by molar-refractivity contribution is 0.580. The van der Waals surface area contributed by atoms with Crippen LogP contribution in [-0.4, -0.2) is 33.2 Å². The first kappa shape index (κ1) is 16.6. The molecule has 4 rings (SSSR count). The summed E-state index contributed by atoms with van der Waals surface area (Å²) in [6.07, 6.45) is 5.15. The van der Waals surface area contributed by atoms with Crippen molar-refractivity contribution in [3.8, 4) is 11.4 Å². The van der Waals surface area contributed by atoms with E-state index < -0.39 is 10.0 Å². The number of sulfonamides is 1. The molecule has 10 heteroatoms. The summed E-state index contributed by atoms with van der Waals surface area (Å²) in [6.45, 7) is 0.0629. The van der Waals surface area contributed by atoms with E-state index in [4.69, 9.17) is 0 Å². The Morgan fingerprint density at radius 2 is 1.92 bits per heavy atom. The summed E-state index contributed by atoms with van der Waals surface area (Å²) < 4.78 is 30.7. The molecule has 1 aromatic carbocycles. The fraction of sp³-hybridized carbons (Fsp3) is 0.0625. The van der Waals surface area contributed by atoms with Crippen LogP contribution in [0, 0.1) is 0 Å². The molecular weight excluding hydrogens is 372 g/mol. The SMILES string of the molecule is O=S(=O)(NCc1cn(-c2ccsc2)nn1)c1ccc(-n2cccn2)cc1. The van der Waals surface area contributed by atoms with Gasteiger partial charge in [-0.05, 0) is 41.8 Å². The lowest BCUT2D eigenvalue weighted by Crippen LogP contribution is -2.23. The maximum atomic E-state index is 12.5. The Labute approximate surface area is 153 Å². The van der Waals surface area contributed by atoms with Crippen LogP contribution >= 0.6 is 11.3 Å². The first-order valence-electron chi connectivity index (χ1n) is 7.65. The lowest BCUT2D eigenvalue weighted by Gasteiger charge is -2.06. The molecule has 8 nitrogen and oxygen atoms in total. The summed E-state index contributed by atoms with van der Waals surface area (Å²) in [5, 5.41) is 16.0. The first-order valence-corrected chi connectivity index (χ1v) is 10.1. The Morgan fingerprint density at radius 3 is 2.62 bits per heavy atom. The van der Waals surface area contributed by atoms with Crippen molar-refractivity contribution in [2.75, 3.05) is 0 Å². The third-order valence-corrected chi connectivity index (χ3v) is 5.76. The van der Waals surface area contributed by atoms with E-state index in [1.54, 1.807) is 69.6 Å². The van der Waals surface area contributed by atoms with E-state index in [1.807, 2.05) is 16.8 Å². The van der Waals surface area contributed by atoms with Crippen molar-refractivity contribution in [2.24, 2.45) is 0 Å². The van der Waals surface area contributed by atoms with Crippen LogP contribution in [0.2, 0.25) is 0 Å². The normalized spacial score (nSPS) is 11.7. The van der Waals surface area contributed by atoms with Gasteiger partial charge in [0, 0.05) is 17.8 Å². The molecule has 0 unspecified atom stereocenters. The molecule has 0 aliphatic rings. The Bertz CT molecular complexity index is 1080.